The fraction of sp³-hybridized carbons (Fsp3) is 0.263. The molecular weight excluding hydrogens is 359 g/mol. The second-order valence-electron chi connectivity index (χ2n) is 5.71. The van der Waals surface area contributed by atoms with Crippen molar-refractivity contribution in [2.24, 2.45) is 0 Å². The topological polar surface area (TPSA) is 58.6 Å². The number of anilines is 1. The maximum atomic E-state index is 12.9. The van der Waals surface area contributed by atoms with Gasteiger partial charge in [0.25, 0.3) is 5.91 Å². The molecule has 0 unspecified atom stereocenters. The van der Waals surface area contributed by atoms with Crippen molar-refractivity contribution in [2.45, 2.75) is 13.8 Å². The van der Waals surface area contributed by atoms with Gasteiger partial charge in [0.2, 0.25) is 5.91 Å². The minimum Gasteiger partial charge on any atom is -0.495 e. The molecule has 0 fully saturated rings. The predicted molar refractivity (Wildman–Crippen MR) is 99.5 cm³/mol. The Kier molecular flexibility index (Phi) is 6.58. The normalized spacial score (nSPS) is 10.3. The van der Waals surface area contributed by atoms with Gasteiger partial charge in [-0.3, -0.25) is 9.59 Å². The lowest BCUT2D eigenvalue weighted by Gasteiger charge is -2.24. The van der Waals surface area contributed by atoms with Gasteiger partial charge in [-0.05, 0) is 42.8 Å². The third-order valence-electron chi connectivity index (χ3n) is 3.86. The summed E-state index contributed by atoms with van der Waals surface area (Å²) in [6, 6.07) is 8.66. The third-order valence-corrected chi connectivity index (χ3v) is 4.27. The smallest absolute Gasteiger partial charge is 0.251 e. The minimum atomic E-state index is -0.408. The van der Waals surface area contributed by atoms with Gasteiger partial charge in [-0.1, -0.05) is 11.6 Å². The molecule has 0 heterocycles. The van der Waals surface area contributed by atoms with Gasteiger partial charge in [-0.25, -0.2) is 4.39 Å². The van der Waals surface area contributed by atoms with Crippen molar-refractivity contribution in [1.29, 1.82) is 0 Å². The Morgan fingerprint density at radius 1 is 1.23 bits per heavy atom. The van der Waals surface area contributed by atoms with E-state index in [-0.39, 0.29) is 24.9 Å². The standard InChI is InChI=1S/C19H20ClFN2O3/c1-12-10-17(18(26-3)11-16(12)20)23(13(2)24)9-8-22-19(25)14-4-6-15(21)7-5-14/h4-7,10-11H,8-9H2,1-3H3,(H,22,25). The lowest BCUT2D eigenvalue weighted by molar-refractivity contribution is -0.116. The van der Waals surface area contributed by atoms with Crippen LogP contribution in [-0.4, -0.2) is 32.0 Å². The molecule has 0 aromatic heterocycles. The average Bonchev–Trinajstić information content (AvgIpc) is 2.61. The molecule has 2 amide bonds. The van der Waals surface area contributed by atoms with Crippen LogP contribution in [0, 0.1) is 12.7 Å². The molecule has 0 bridgehead atoms. The summed E-state index contributed by atoms with van der Waals surface area (Å²) < 4.78 is 18.2. The van der Waals surface area contributed by atoms with Crippen molar-refractivity contribution in [3.8, 4) is 5.75 Å². The van der Waals surface area contributed by atoms with E-state index >= 15 is 0 Å². The first-order valence-electron chi connectivity index (χ1n) is 7.99. The molecule has 0 saturated heterocycles. The molecule has 2 rings (SSSR count). The van der Waals surface area contributed by atoms with Crippen LogP contribution in [0.15, 0.2) is 36.4 Å². The summed E-state index contributed by atoms with van der Waals surface area (Å²) in [5, 5.41) is 3.26. The van der Waals surface area contributed by atoms with Gasteiger partial charge in [0.1, 0.15) is 11.6 Å². The molecule has 0 radical (unpaired) electrons. The van der Waals surface area contributed by atoms with Crippen LogP contribution in [0.25, 0.3) is 0 Å². The zero-order chi connectivity index (χ0) is 19.3. The minimum absolute atomic E-state index is 0.193. The lowest BCUT2D eigenvalue weighted by atomic mass is 10.1. The number of methoxy groups -OCH3 is 1. The number of aryl methyl sites for hydroxylation is 1. The fourth-order valence-electron chi connectivity index (χ4n) is 2.45. The Hall–Kier alpha value is -2.60. The van der Waals surface area contributed by atoms with Gasteiger partial charge in [-0.2, -0.15) is 0 Å². The van der Waals surface area contributed by atoms with Crippen molar-refractivity contribution in [2.75, 3.05) is 25.1 Å². The number of hydrogen-bond acceptors (Lipinski definition) is 3. The summed E-state index contributed by atoms with van der Waals surface area (Å²) in [6.07, 6.45) is 0. The number of nitrogens with zero attached hydrogens (tertiary/aromatic N) is 1. The van der Waals surface area contributed by atoms with Crippen LogP contribution in [0.1, 0.15) is 22.8 Å². The second-order valence-corrected chi connectivity index (χ2v) is 6.11. The molecule has 0 aliphatic carbocycles. The van der Waals surface area contributed by atoms with E-state index in [0.29, 0.717) is 22.0 Å². The Balaban J connectivity index is 2.10. The number of rotatable bonds is 6. The molecule has 26 heavy (non-hydrogen) atoms. The molecule has 138 valence electrons. The van der Waals surface area contributed by atoms with Gasteiger partial charge < -0.3 is 15.0 Å². The highest BCUT2D eigenvalue weighted by Crippen LogP contribution is 2.33. The number of halogens is 2. The lowest BCUT2D eigenvalue weighted by Crippen LogP contribution is -2.37. The molecule has 5 nitrogen and oxygen atoms in total. The average molecular weight is 379 g/mol. The number of carbonyl (C=O) groups excluding carboxylic acids is 2. The summed E-state index contributed by atoms with van der Waals surface area (Å²) in [5.74, 6) is -0.469. The Bertz CT molecular complexity index is 809. The summed E-state index contributed by atoms with van der Waals surface area (Å²) in [4.78, 5) is 25.7. The monoisotopic (exact) mass is 378 g/mol. The highest BCUT2D eigenvalue weighted by Gasteiger charge is 2.18. The molecule has 1 N–H and O–H groups in total. The van der Waals surface area contributed by atoms with Crippen molar-refractivity contribution < 1.29 is 18.7 Å². The van der Waals surface area contributed by atoms with E-state index in [2.05, 4.69) is 5.32 Å². The van der Waals surface area contributed by atoms with Crippen molar-refractivity contribution in [1.82, 2.24) is 5.32 Å². The summed E-state index contributed by atoms with van der Waals surface area (Å²) in [5.41, 5.74) is 1.74. The third kappa shape index (κ3) is 4.73. The number of amides is 2. The molecule has 7 heteroatoms. The van der Waals surface area contributed by atoms with E-state index in [9.17, 15) is 14.0 Å². The number of carbonyl (C=O) groups is 2. The van der Waals surface area contributed by atoms with Gasteiger partial charge in [0, 0.05) is 36.7 Å². The molecule has 0 spiro atoms. The van der Waals surface area contributed by atoms with Crippen LogP contribution in [0.3, 0.4) is 0 Å². The van der Waals surface area contributed by atoms with Crippen LogP contribution in [0.2, 0.25) is 5.02 Å². The molecule has 0 saturated carbocycles. The van der Waals surface area contributed by atoms with E-state index in [1.807, 2.05) is 6.92 Å². The molecular formula is C19H20ClFN2O3. The highest BCUT2D eigenvalue weighted by atomic mass is 35.5. The van der Waals surface area contributed by atoms with Crippen LogP contribution >= 0.6 is 11.6 Å². The summed E-state index contributed by atoms with van der Waals surface area (Å²) in [7, 11) is 1.50. The fourth-order valence-corrected chi connectivity index (χ4v) is 2.61. The summed E-state index contributed by atoms with van der Waals surface area (Å²) in [6.45, 7) is 3.74. The van der Waals surface area contributed by atoms with E-state index < -0.39 is 5.82 Å². The molecule has 2 aromatic carbocycles. The molecule has 0 atom stereocenters. The van der Waals surface area contributed by atoms with E-state index in [0.717, 1.165) is 5.56 Å². The predicted octanol–water partition coefficient (Wildman–Crippen LogP) is 3.58. The van der Waals surface area contributed by atoms with E-state index in [4.69, 9.17) is 16.3 Å². The van der Waals surface area contributed by atoms with Gasteiger partial charge >= 0.3 is 0 Å². The molecule has 2 aromatic rings. The van der Waals surface area contributed by atoms with Gasteiger partial charge in [0.15, 0.2) is 0 Å². The molecule has 0 aliphatic rings. The maximum Gasteiger partial charge on any atom is 0.251 e. The Morgan fingerprint density at radius 3 is 2.46 bits per heavy atom. The zero-order valence-electron chi connectivity index (χ0n) is 14.8. The number of hydrogen-bond donors (Lipinski definition) is 1. The van der Waals surface area contributed by atoms with Crippen molar-refractivity contribution in [3.63, 3.8) is 0 Å². The van der Waals surface area contributed by atoms with Gasteiger partial charge in [-0.15, -0.1) is 0 Å². The number of benzene rings is 2. The van der Waals surface area contributed by atoms with Crippen molar-refractivity contribution in [3.05, 3.63) is 58.4 Å². The SMILES string of the molecule is COc1cc(Cl)c(C)cc1N(CCNC(=O)c1ccc(F)cc1)C(C)=O. The Morgan fingerprint density at radius 2 is 1.88 bits per heavy atom. The second kappa shape index (κ2) is 8.67. The van der Waals surface area contributed by atoms with E-state index in [1.165, 1.54) is 43.2 Å². The van der Waals surface area contributed by atoms with Crippen molar-refractivity contribution >= 4 is 29.1 Å². The Labute approximate surface area is 156 Å². The first kappa shape index (κ1) is 19.7. The quantitative estimate of drug-likeness (QED) is 0.835. The van der Waals surface area contributed by atoms with Gasteiger partial charge in [0.05, 0.1) is 12.8 Å². The first-order chi connectivity index (χ1) is 12.3. The largest absolute Gasteiger partial charge is 0.495 e. The van der Waals surface area contributed by atoms with Crippen LogP contribution in [0.5, 0.6) is 5.75 Å². The van der Waals surface area contributed by atoms with Crippen LogP contribution in [0.4, 0.5) is 10.1 Å². The zero-order valence-corrected chi connectivity index (χ0v) is 15.6. The maximum absolute atomic E-state index is 12.9. The van der Waals surface area contributed by atoms with Crippen LogP contribution in [-0.2, 0) is 4.79 Å². The molecule has 0 aliphatic heterocycles. The number of ether oxygens (including phenoxy) is 1. The van der Waals surface area contributed by atoms with E-state index in [1.54, 1.807) is 12.1 Å². The first-order valence-corrected chi connectivity index (χ1v) is 8.37. The van der Waals surface area contributed by atoms with Crippen LogP contribution < -0.4 is 15.0 Å². The highest BCUT2D eigenvalue weighted by molar-refractivity contribution is 6.31. The summed E-state index contributed by atoms with van der Waals surface area (Å²) >= 11 is 6.11. The number of nitrogens with one attached hydrogen (secondary N) is 1.